The number of nitrogens with zero attached hydrogens (tertiary/aromatic N) is 8. The molecule has 8 bridgehead atoms. The molecule has 0 saturated carbocycles. The molecule has 50 heavy (non-hydrogen) atoms. The van der Waals surface area contributed by atoms with Gasteiger partial charge in [0.2, 0.25) is 0 Å². The fourth-order valence-corrected chi connectivity index (χ4v) is 6.49. The molecule has 10 nitrogen and oxygen atoms in total. The smallest absolute Gasteiger partial charge is 0.478 e. The average molecular weight is 698 g/mol. The van der Waals surface area contributed by atoms with Crippen LogP contribution in [0, 0.1) is 0 Å². The zero-order valence-electron chi connectivity index (χ0n) is 26.1. The Labute approximate surface area is 295 Å². The van der Waals surface area contributed by atoms with E-state index in [0.717, 1.165) is 54.9 Å². The predicted octanol–water partition coefficient (Wildman–Crippen LogP) is 7.49. The van der Waals surface area contributed by atoms with Crippen molar-refractivity contribution in [3.05, 3.63) is 121 Å². The minimum absolute atomic E-state index is 0. The molecule has 230 valence electrons. The molecule has 0 saturated heterocycles. The molecule has 5 heterocycles. The molecule has 0 fully saturated rings. The summed E-state index contributed by atoms with van der Waals surface area (Å²) in [5.41, 5.74) is 7.23. The largest absolute Gasteiger partial charge is 2.00 e. The van der Waals surface area contributed by atoms with Crippen LogP contribution in [0.5, 0.6) is 0 Å². The molecule has 3 aromatic heterocycles. The van der Waals surface area contributed by atoms with E-state index in [9.17, 15) is 9.90 Å². The molecule has 1 N–H and O–H groups in total. The Morgan fingerprint density at radius 2 is 0.820 bits per heavy atom. The van der Waals surface area contributed by atoms with Crippen molar-refractivity contribution in [3.8, 4) is 56.7 Å². The first-order valence-corrected chi connectivity index (χ1v) is 15.5. The summed E-state index contributed by atoms with van der Waals surface area (Å²) in [6.45, 7) is 0. The third kappa shape index (κ3) is 4.63. The first-order chi connectivity index (χ1) is 24.1. The molecule has 5 aromatic carbocycles. The van der Waals surface area contributed by atoms with E-state index in [1.807, 2.05) is 91.0 Å². The van der Waals surface area contributed by atoms with E-state index in [1.165, 1.54) is 0 Å². The van der Waals surface area contributed by atoms with Crippen LogP contribution in [0.1, 0.15) is 10.4 Å². The van der Waals surface area contributed by atoms with Crippen molar-refractivity contribution >= 4 is 50.1 Å². The van der Waals surface area contributed by atoms with Gasteiger partial charge in [0.1, 0.15) is 0 Å². The standard InChI is InChI=1S/C39H21N8O2.Zn/c48-39(49)21-15-13-20(14-16-21)22-17-18-29-30(19-22)38-46-36-28-12-6-5-11-27(28)34(44-36)42-32-24-8-2-1-7-23(24)31(40-32)41-33-25-9-3-4-10-26(25)35(43-33)45-37(29)47-38;/h1-19H,(H2-,40,41,42,43,44,45,46,47,48,49);/q-1;+2/p-1. The summed E-state index contributed by atoms with van der Waals surface area (Å²) >= 11 is 0. The van der Waals surface area contributed by atoms with Gasteiger partial charge < -0.3 is 35.0 Å². The Morgan fingerprint density at radius 1 is 0.440 bits per heavy atom. The number of rotatable bonds is 2. The maximum absolute atomic E-state index is 11.5. The van der Waals surface area contributed by atoms with E-state index in [2.05, 4.69) is 0 Å². The molecule has 2 aliphatic rings. The molecule has 10 rings (SSSR count). The van der Waals surface area contributed by atoms with E-state index in [-0.39, 0.29) is 25.0 Å². The number of carboxylic acids is 1. The van der Waals surface area contributed by atoms with Crippen molar-refractivity contribution in [2.75, 3.05) is 0 Å². The van der Waals surface area contributed by atoms with Gasteiger partial charge in [-0.25, -0.2) is 14.8 Å². The summed E-state index contributed by atoms with van der Waals surface area (Å²) in [6.07, 6.45) is 0. The van der Waals surface area contributed by atoms with Gasteiger partial charge in [0.05, 0.1) is 28.9 Å². The van der Waals surface area contributed by atoms with Crippen LogP contribution in [-0.2, 0) is 19.5 Å². The summed E-state index contributed by atoms with van der Waals surface area (Å²) in [5, 5.41) is 12.7. The number of hydrogen-bond acceptors (Lipinski definition) is 7. The normalized spacial score (nSPS) is 11.6. The minimum atomic E-state index is -0.974. The molecule has 0 radical (unpaired) electrons. The second-order valence-electron chi connectivity index (χ2n) is 11.8. The van der Waals surface area contributed by atoms with Gasteiger partial charge in [-0.1, -0.05) is 97.1 Å². The van der Waals surface area contributed by atoms with Gasteiger partial charge in [0, 0.05) is 44.8 Å². The number of hydrogen-bond donors (Lipinski definition) is 1. The fraction of sp³-hybridized carbons (Fsp3) is 0. The summed E-state index contributed by atoms with van der Waals surface area (Å²) < 4.78 is 0. The van der Waals surface area contributed by atoms with E-state index in [1.54, 1.807) is 24.3 Å². The zero-order chi connectivity index (χ0) is 32.6. The number of aromatic nitrogens is 8. The van der Waals surface area contributed by atoms with Gasteiger partial charge in [-0.05, 0) is 50.9 Å². The molecule has 2 aliphatic heterocycles. The number of carbonyl (C=O) groups is 1. The average Bonchev–Trinajstić information content (AvgIpc) is 3.87. The molecule has 8 aromatic rings. The Kier molecular flexibility index (Phi) is 6.72. The van der Waals surface area contributed by atoms with Gasteiger partial charge >= 0.3 is 25.4 Å². The summed E-state index contributed by atoms with van der Waals surface area (Å²) in [4.78, 5) is 51.2. The number of fused-ring (bicyclic) bond motifs is 20. The fourth-order valence-electron chi connectivity index (χ4n) is 6.49. The molecular weight excluding hydrogens is 678 g/mol. The number of aromatic carboxylic acids is 1. The second kappa shape index (κ2) is 11.3. The predicted molar refractivity (Wildman–Crippen MR) is 186 cm³/mol. The van der Waals surface area contributed by atoms with E-state index >= 15 is 0 Å². The van der Waals surface area contributed by atoms with Crippen LogP contribution in [0.4, 0.5) is 0 Å². The van der Waals surface area contributed by atoms with Crippen LogP contribution < -0.4 is 9.97 Å². The van der Waals surface area contributed by atoms with Crippen LogP contribution in [0.3, 0.4) is 0 Å². The first-order valence-electron chi connectivity index (χ1n) is 15.5. The number of carboxylic acid groups (broad SMARTS) is 1. The van der Waals surface area contributed by atoms with E-state index < -0.39 is 5.97 Å². The maximum atomic E-state index is 11.5. The van der Waals surface area contributed by atoms with Gasteiger partial charge in [-0.2, -0.15) is 0 Å². The van der Waals surface area contributed by atoms with Crippen LogP contribution in [-0.4, -0.2) is 41.0 Å². The quantitative estimate of drug-likeness (QED) is 0.181. The Balaban J connectivity index is 0.00000336. The van der Waals surface area contributed by atoms with Crippen molar-refractivity contribution in [3.63, 3.8) is 0 Å². The Morgan fingerprint density at radius 3 is 1.26 bits per heavy atom. The molecule has 0 aliphatic carbocycles. The van der Waals surface area contributed by atoms with Gasteiger partial charge in [-0.15, -0.1) is 0 Å². The van der Waals surface area contributed by atoms with Crippen LogP contribution in [0.15, 0.2) is 115 Å². The summed E-state index contributed by atoms with van der Waals surface area (Å²) in [5.74, 6) is 0.987. The van der Waals surface area contributed by atoms with E-state index in [0.29, 0.717) is 45.9 Å². The minimum Gasteiger partial charge on any atom is -0.478 e. The van der Waals surface area contributed by atoms with Crippen LogP contribution in [0.25, 0.3) is 101 Å². The molecule has 0 atom stereocenters. The SMILES string of the molecule is O=C(O)c1ccc(-c2ccc3c4nc5nc(nc6[n-]c(nc7nc(nc([n-]4)c3c2)-c2ccccc2-7)c2ccccc62)-c2ccccc2-5)cc1.[Zn+2]. The molecule has 11 heteroatoms. The van der Waals surface area contributed by atoms with Crippen LogP contribution in [0.2, 0.25) is 0 Å². The topological polar surface area (TPSA) is 143 Å². The van der Waals surface area contributed by atoms with Gasteiger partial charge in [0.25, 0.3) is 0 Å². The van der Waals surface area contributed by atoms with Crippen molar-refractivity contribution in [2.45, 2.75) is 0 Å². The first kappa shape index (κ1) is 29.7. The third-order valence-electron chi connectivity index (χ3n) is 8.89. The van der Waals surface area contributed by atoms with Gasteiger partial charge in [-0.3, -0.25) is 0 Å². The zero-order valence-corrected chi connectivity index (χ0v) is 29.1. The van der Waals surface area contributed by atoms with Gasteiger partial charge in [0.15, 0.2) is 0 Å². The van der Waals surface area contributed by atoms with Crippen LogP contribution >= 0.6 is 0 Å². The molecule has 0 amide bonds. The van der Waals surface area contributed by atoms with Crippen molar-refractivity contribution in [1.29, 1.82) is 0 Å². The Bertz CT molecular complexity index is 2870. The summed E-state index contributed by atoms with van der Waals surface area (Å²) in [6, 6.07) is 36.3. The molecule has 0 unspecified atom stereocenters. The maximum Gasteiger partial charge on any atom is 2.00 e. The van der Waals surface area contributed by atoms with Crippen molar-refractivity contribution in [2.24, 2.45) is 0 Å². The monoisotopic (exact) mass is 696 g/mol. The van der Waals surface area contributed by atoms with E-state index in [4.69, 9.17) is 39.9 Å². The second-order valence-corrected chi connectivity index (χ2v) is 11.8. The van der Waals surface area contributed by atoms with Crippen molar-refractivity contribution < 1.29 is 29.4 Å². The molecular formula is C39H20N8O2Zn. The molecule has 0 spiro atoms. The number of benzene rings is 5. The van der Waals surface area contributed by atoms with Crippen molar-refractivity contribution in [1.82, 2.24) is 39.9 Å². The third-order valence-corrected chi connectivity index (χ3v) is 8.89. The summed E-state index contributed by atoms with van der Waals surface area (Å²) in [7, 11) is 0. The Hall–Kier alpha value is -6.45.